The summed E-state index contributed by atoms with van der Waals surface area (Å²) < 4.78 is 0. The number of halogens is 1. The summed E-state index contributed by atoms with van der Waals surface area (Å²) in [6.07, 6.45) is 5.39. The molecule has 1 aliphatic carbocycles. The number of fused-ring (bicyclic) bond motifs is 3. The third-order valence-electron chi connectivity index (χ3n) is 5.04. The van der Waals surface area contributed by atoms with Crippen LogP contribution in [0.2, 0.25) is 5.02 Å². The average molecular weight is 341 g/mol. The molecule has 5 heteroatoms. The second-order valence-corrected chi connectivity index (χ2v) is 6.94. The molecule has 0 amide bonds. The number of anilines is 1. The molecule has 0 aromatic heterocycles. The molecule has 2 aromatic carbocycles. The standard InChI is InChI=1S/C19H17ClN2O2/c1-11-5-8-18-15(9-11)13-3-2-4-14(13)19(21-18)16-10-12(22(23)24)6-7-17(16)20/h2-3,5-10,13-14,19,21H,4H2,1H3/t13?,14?,19-/m0/s1. The Morgan fingerprint density at radius 1 is 1.21 bits per heavy atom. The van der Waals surface area contributed by atoms with Crippen LogP contribution >= 0.6 is 11.6 Å². The van der Waals surface area contributed by atoms with E-state index in [1.807, 2.05) is 0 Å². The van der Waals surface area contributed by atoms with Crippen molar-refractivity contribution in [1.29, 1.82) is 0 Å². The second-order valence-electron chi connectivity index (χ2n) is 6.53. The summed E-state index contributed by atoms with van der Waals surface area (Å²) in [5.41, 5.74) is 4.50. The molecule has 3 atom stereocenters. The van der Waals surface area contributed by atoms with E-state index < -0.39 is 0 Å². The number of hydrogen-bond acceptors (Lipinski definition) is 3. The van der Waals surface area contributed by atoms with Crippen molar-refractivity contribution in [2.45, 2.75) is 25.3 Å². The van der Waals surface area contributed by atoms with Gasteiger partial charge in [-0.1, -0.05) is 41.4 Å². The quantitative estimate of drug-likeness (QED) is 0.453. The highest BCUT2D eigenvalue weighted by molar-refractivity contribution is 6.31. The van der Waals surface area contributed by atoms with Gasteiger partial charge in [0, 0.05) is 34.3 Å². The SMILES string of the molecule is Cc1ccc2c(c1)C1C=CCC1[C@@H](c1cc([N+](=O)[O-])ccc1Cl)N2. The third kappa shape index (κ3) is 2.38. The minimum Gasteiger partial charge on any atom is -0.378 e. The summed E-state index contributed by atoms with van der Waals surface area (Å²) in [4.78, 5) is 10.8. The largest absolute Gasteiger partial charge is 0.378 e. The Morgan fingerprint density at radius 2 is 2.04 bits per heavy atom. The molecule has 2 aliphatic rings. The van der Waals surface area contributed by atoms with Crippen molar-refractivity contribution in [2.75, 3.05) is 5.32 Å². The Bertz CT molecular complexity index is 862. The summed E-state index contributed by atoms with van der Waals surface area (Å²) in [6, 6.07) is 11.0. The number of benzene rings is 2. The second kappa shape index (κ2) is 5.64. The number of nitrogens with zero attached hydrogens (tertiary/aromatic N) is 1. The maximum Gasteiger partial charge on any atom is 0.269 e. The molecule has 122 valence electrons. The van der Waals surface area contributed by atoms with Crippen molar-refractivity contribution >= 4 is 23.0 Å². The molecule has 1 heterocycles. The van der Waals surface area contributed by atoms with Crippen LogP contribution in [-0.4, -0.2) is 4.92 Å². The summed E-state index contributed by atoms with van der Waals surface area (Å²) in [7, 11) is 0. The Balaban J connectivity index is 1.81. The monoisotopic (exact) mass is 340 g/mol. The fraction of sp³-hybridized carbons (Fsp3) is 0.263. The van der Waals surface area contributed by atoms with Gasteiger partial charge in [0.05, 0.1) is 11.0 Å². The lowest BCUT2D eigenvalue weighted by Gasteiger charge is -2.38. The van der Waals surface area contributed by atoms with E-state index in [0.717, 1.165) is 17.7 Å². The average Bonchev–Trinajstić information content (AvgIpc) is 3.04. The summed E-state index contributed by atoms with van der Waals surface area (Å²) in [5, 5.41) is 15.3. The Morgan fingerprint density at radius 3 is 2.83 bits per heavy atom. The molecular formula is C19H17ClN2O2. The van der Waals surface area contributed by atoms with Crippen LogP contribution < -0.4 is 5.32 Å². The molecule has 0 fully saturated rings. The van der Waals surface area contributed by atoms with Gasteiger partial charge in [-0.25, -0.2) is 0 Å². The van der Waals surface area contributed by atoms with Gasteiger partial charge in [-0.15, -0.1) is 0 Å². The van der Waals surface area contributed by atoms with E-state index in [1.54, 1.807) is 12.1 Å². The van der Waals surface area contributed by atoms with Gasteiger partial charge < -0.3 is 5.32 Å². The molecule has 0 saturated carbocycles. The molecule has 2 unspecified atom stereocenters. The lowest BCUT2D eigenvalue weighted by molar-refractivity contribution is -0.384. The highest BCUT2D eigenvalue weighted by Crippen LogP contribution is 2.51. The zero-order valence-corrected chi connectivity index (χ0v) is 14.0. The van der Waals surface area contributed by atoms with Crippen molar-refractivity contribution in [2.24, 2.45) is 5.92 Å². The molecule has 24 heavy (non-hydrogen) atoms. The number of nitro benzene ring substituents is 1. The van der Waals surface area contributed by atoms with Crippen molar-refractivity contribution in [3.63, 3.8) is 0 Å². The van der Waals surface area contributed by atoms with Crippen molar-refractivity contribution < 1.29 is 4.92 Å². The molecule has 1 aliphatic heterocycles. The van der Waals surface area contributed by atoms with Crippen LogP contribution in [0, 0.1) is 23.0 Å². The van der Waals surface area contributed by atoms with Crippen LogP contribution in [0.3, 0.4) is 0 Å². The summed E-state index contributed by atoms with van der Waals surface area (Å²) >= 11 is 6.39. The lowest BCUT2D eigenvalue weighted by atomic mass is 9.76. The maximum atomic E-state index is 11.1. The van der Waals surface area contributed by atoms with Crippen LogP contribution in [-0.2, 0) is 0 Å². The number of aryl methyl sites for hydroxylation is 1. The van der Waals surface area contributed by atoms with E-state index in [2.05, 4.69) is 42.6 Å². The number of nitrogens with one attached hydrogen (secondary N) is 1. The van der Waals surface area contributed by atoms with E-state index in [0.29, 0.717) is 16.9 Å². The molecule has 2 aromatic rings. The predicted octanol–water partition coefficient (Wildman–Crippen LogP) is 5.38. The summed E-state index contributed by atoms with van der Waals surface area (Å²) in [6.45, 7) is 2.09. The minimum atomic E-state index is -0.371. The number of non-ortho nitro benzene ring substituents is 1. The molecule has 1 N–H and O–H groups in total. The predicted molar refractivity (Wildman–Crippen MR) is 95.6 cm³/mol. The zero-order chi connectivity index (χ0) is 16.8. The molecular weight excluding hydrogens is 324 g/mol. The fourth-order valence-corrected chi connectivity index (χ4v) is 4.14. The molecule has 0 bridgehead atoms. The number of nitro groups is 1. The number of allylic oxidation sites excluding steroid dienone is 2. The number of hydrogen-bond donors (Lipinski definition) is 1. The summed E-state index contributed by atoms with van der Waals surface area (Å²) in [5.74, 6) is 0.639. The first-order valence-corrected chi connectivity index (χ1v) is 8.40. The fourth-order valence-electron chi connectivity index (χ4n) is 3.90. The minimum absolute atomic E-state index is 0.0346. The molecule has 0 spiro atoms. The van der Waals surface area contributed by atoms with Crippen LogP contribution in [0.4, 0.5) is 11.4 Å². The molecule has 4 rings (SSSR count). The topological polar surface area (TPSA) is 55.2 Å². The van der Waals surface area contributed by atoms with Crippen LogP contribution in [0.25, 0.3) is 0 Å². The van der Waals surface area contributed by atoms with Crippen LogP contribution in [0.5, 0.6) is 0 Å². The highest BCUT2D eigenvalue weighted by atomic mass is 35.5. The van der Waals surface area contributed by atoms with E-state index in [9.17, 15) is 10.1 Å². The van der Waals surface area contributed by atoms with Gasteiger partial charge in [-0.2, -0.15) is 0 Å². The first-order chi connectivity index (χ1) is 11.5. The third-order valence-corrected chi connectivity index (χ3v) is 5.39. The van der Waals surface area contributed by atoms with Gasteiger partial charge in [0.25, 0.3) is 5.69 Å². The van der Waals surface area contributed by atoms with Crippen molar-refractivity contribution in [3.8, 4) is 0 Å². The van der Waals surface area contributed by atoms with Gasteiger partial charge >= 0.3 is 0 Å². The van der Waals surface area contributed by atoms with Crippen LogP contribution in [0.1, 0.15) is 35.1 Å². The van der Waals surface area contributed by atoms with Crippen LogP contribution in [0.15, 0.2) is 48.6 Å². The normalized spacial score (nSPS) is 24.2. The van der Waals surface area contributed by atoms with E-state index in [1.165, 1.54) is 17.2 Å². The first kappa shape index (κ1) is 15.2. The Labute approximate surface area is 145 Å². The maximum absolute atomic E-state index is 11.1. The van der Waals surface area contributed by atoms with Crippen molar-refractivity contribution in [3.05, 3.63) is 80.4 Å². The molecule has 0 radical (unpaired) electrons. The van der Waals surface area contributed by atoms with Crippen molar-refractivity contribution in [1.82, 2.24) is 0 Å². The molecule has 0 saturated heterocycles. The molecule has 4 nitrogen and oxygen atoms in total. The van der Waals surface area contributed by atoms with Gasteiger partial charge in [-0.3, -0.25) is 10.1 Å². The lowest BCUT2D eigenvalue weighted by Crippen LogP contribution is -2.29. The van der Waals surface area contributed by atoms with Gasteiger partial charge in [-0.05, 0) is 37.0 Å². The number of rotatable bonds is 2. The van der Waals surface area contributed by atoms with Gasteiger partial charge in [0.1, 0.15) is 0 Å². The van der Waals surface area contributed by atoms with Gasteiger partial charge in [0.15, 0.2) is 0 Å². The van der Waals surface area contributed by atoms with E-state index in [4.69, 9.17) is 11.6 Å². The van der Waals surface area contributed by atoms with Gasteiger partial charge in [0.2, 0.25) is 0 Å². The zero-order valence-electron chi connectivity index (χ0n) is 13.2. The highest BCUT2D eigenvalue weighted by Gasteiger charge is 2.39. The smallest absolute Gasteiger partial charge is 0.269 e. The first-order valence-electron chi connectivity index (χ1n) is 8.02. The van der Waals surface area contributed by atoms with E-state index >= 15 is 0 Å². The van der Waals surface area contributed by atoms with E-state index in [-0.39, 0.29) is 16.7 Å². The Kier molecular flexibility index (Phi) is 3.57. The Hall–Kier alpha value is -2.33.